The second-order valence-electron chi connectivity index (χ2n) is 7.41. The minimum Gasteiger partial charge on any atom is -0.493 e. The molecule has 0 N–H and O–H groups in total. The average molecular weight is 493 g/mol. The van der Waals surface area contributed by atoms with Crippen LogP contribution in [0.2, 0.25) is 0 Å². The van der Waals surface area contributed by atoms with Gasteiger partial charge in [0.1, 0.15) is 10.7 Å². The summed E-state index contributed by atoms with van der Waals surface area (Å²) >= 11 is 1.41. The van der Waals surface area contributed by atoms with E-state index in [0.717, 1.165) is 15.8 Å². The van der Waals surface area contributed by atoms with Crippen LogP contribution in [-0.4, -0.2) is 59.1 Å². The molecule has 2 aromatic carbocycles. The number of methoxy groups -OCH3 is 2. The Morgan fingerprint density at radius 2 is 1.77 bits per heavy atom. The fraction of sp³-hybridized carbons (Fsp3) is 0.240. The van der Waals surface area contributed by atoms with Crippen LogP contribution in [0.5, 0.6) is 11.5 Å². The van der Waals surface area contributed by atoms with E-state index in [-0.39, 0.29) is 11.6 Å². The zero-order valence-electron chi connectivity index (χ0n) is 19.6. The third-order valence-electron chi connectivity index (χ3n) is 5.27. The van der Waals surface area contributed by atoms with Crippen molar-refractivity contribution in [2.24, 2.45) is 0 Å². The summed E-state index contributed by atoms with van der Waals surface area (Å²) < 4.78 is 16.9. The van der Waals surface area contributed by atoms with Crippen LogP contribution in [0.3, 0.4) is 0 Å². The smallest absolute Gasteiger partial charge is 0.359 e. The van der Waals surface area contributed by atoms with E-state index in [2.05, 4.69) is 15.0 Å². The largest absolute Gasteiger partial charge is 0.493 e. The third-order valence-corrected chi connectivity index (χ3v) is 6.31. The van der Waals surface area contributed by atoms with Crippen LogP contribution in [0, 0.1) is 0 Å². The van der Waals surface area contributed by atoms with Gasteiger partial charge in [-0.2, -0.15) is 0 Å². The monoisotopic (exact) mass is 492 g/mol. The first-order valence-electron chi connectivity index (χ1n) is 10.9. The first-order valence-corrected chi connectivity index (χ1v) is 11.7. The summed E-state index contributed by atoms with van der Waals surface area (Å²) in [6, 6.07) is 13.1. The van der Waals surface area contributed by atoms with Crippen molar-refractivity contribution in [3.63, 3.8) is 0 Å². The molecule has 180 valence electrons. The number of fused-ring (bicyclic) bond motifs is 1. The van der Waals surface area contributed by atoms with Crippen LogP contribution in [0.1, 0.15) is 23.0 Å². The molecule has 0 spiro atoms. The highest BCUT2D eigenvalue weighted by Crippen LogP contribution is 2.30. The standard InChI is InChI=1S/C25H24N4O5S/c1-4-29(14-16-9-10-18(32-2)19(13-16)33-3)21(30)15-34-25(31)23-22(26-11-12-27-23)24-28-17-7-5-6-8-20(17)35-24/h5-13H,4,14-15H2,1-3H3. The molecule has 0 radical (unpaired) electrons. The molecule has 0 aliphatic rings. The van der Waals surface area contributed by atoms with Gasteiger partial charge in [-0.25, -0.2) is 19.7 Å². The minimum atomic E-state index is -0.733. The number of esters is 1. The summed E-state index contributed by atoms with van der Waals surface area (Å²) in [5, 5.41) is 0.557. The van der Waals surface area contributed by atoms with Gasteiger partial charge in [0.05, 0.1) is 24.4 Å². The van der Waals surface area contributed by atoms with E-state index in [4.69, 9.17) is 14.2 Å². The molecule has 9 nitrogen and oxygen atoms in total. The number of hydrogen-bond acceptors (Lipinski definition) is 9. The molecule has 2 heterocycles. The molecule has 0 fully saturated rings. The molecule has 10 heteroatoms. The van der Waals surface area contributed by atoms with Crippen LogP contribution < -0.4 is 9.47 Å². The number of carbonyl (C=O) groups is 2. The van der Waals surface area contributed by atoms with Gasteiger partial charge in [-0.05, 0) is 36.8 Å². The molecule has 0 aliphatic heterocycles. The number of thiazole rings is 1. The molecule has 0 atom stereocenters. The number of hydrogen-bond donors (Lipinski definition) is 0. The lowest BCUT2D eigenvalue weighted by atomic mass is 10.2. The summed E-state index contributed by atoms with van der Waals surface area (Å²) in [7, 11) is 3.12. The Morgan fingerprint density at radius 3 is 2.51 bits per heavy atom. The third kappa shape index (κ3) is 5.38. The Hall–Kier alpha value is -4.05. The van der Waals surface area contributed by atoms with E-state index < -0.39 is 12.6 Å². The molecule has 35 heavy (non-hydrogen) atoms. The molecular formula is C25H24N4O5S. The molecule has 0 saturated heterocycles. The number of para-hydroxylation sites is 1. The molecular weight excluding hydrogens is 468 g/mol. The Bertz CT molecular complexity index is 1320. The maximum atomic E-state index is 12.8. The van der Waals surface area contributed by atoms with Crippen LogP contribution in [0.4, 0.5) is 0 Å². The molecule has 0 unspecified atom stereocenters. The second kappa shape index (κ2) is 10.9. The van der Waals surface area contributed by atoms with Crippen molar-refractivity contribution in [2.75, 3.05) is 27.4 Å². The fourth-order valence-electron chi connectivity index (χ4n) is 3.48. The molecule has 1 amide bonds. The number of rotatable bonds is 9. The van der Waals surface area contributed by atoms with E-state index in [1.165, 1.54) is 23.7 Å². The number of ether oxygens (including phenoxy) is 3. The Kier molecular flexibility index (Phi) is 7.51. The summed E-state index contributed by atoms with van der Waals surface area (Å²) in [5.41, 5.74) is 2.00. The maximum Gasteiger partial charge on any atom is 0.359 e. The van der Waals surface area contributed by atoms with Gasteiger partial charge >= 0.3 is 5.97 Å². The van der Waals surface area contributed by atoms with E-state index in [9.17, 15) is 9.59 Å². The maximum absolute atomic E-state index is 12.8. The van der Waals surface area contributed by atoms with Gasteiger partial charge in [-0.1, -0.05) is 18.2 Å². The van der Waals surface area contributed by atoms with Crippen molar-refractivity contribution < 1.29 is 23.8 Å². The summed E-state index contributed by atoms with van der Waals surface area (Å²) in [6.45, 7) is 2.20. The zero-order chi connectivity index (χ0) is 24.8. The Morgan fingerprint density at radius 1 is 1.00 bits per heavy atom. The quantitative estimate of drug-likeness (QED) is 0.323. The summed E-state index contributed by atoms with van der Waals surface area (Å²) in [6.07, 6.45) is 2.90. The zero-order valence-corrected chi connectivity index (χ0v) is 20.4. The minimum absolute atomic E-state index is 0.0160. The van der Waals surface area contributed by atoms with Crippen molar-refractivity contribution in [1.29, 1.82) is 0 Å². The van der Waals surface area contributed by atoms with Crippen LogP contribution in [0.25, 0.3) is 20.9 Å². The van der Waals surface area contributed by atoms with Gasteiger partial charge in [0.15, 0.2) is 23.8 Å². The lowest BCUT2D eigenvalue weighted by Gasteiger charge is -2.21. The highest BCUT2D eigenvalue weighted by Gasteiger charge is 2.22. The van der Waals surface area contributed by atoms with Gasteiger partial charge < -0.3 is 19.1 Å². The highest BCUT2D eigenvalue weighted by molar-refractivity contribution is 7.21. The van der Waals surface area contributed by atoms with Crippen molar-refractivity contribution in [3.8, 4) is 22.2 Å². The topological polar surface area (TPSA) is 104 Å². The van der Waals surface area contributed by atoms with E-state index in [0.29, 0.717) is 35.3 Å². The molecule has 4 aromatic rings. The number of carbonyl (C=O) groups excluding carboxylic acids is 2. The summed E-state index contributed by atoms with van der Waals surface area (Å²) in [4.78, 5) is 40.2. The SMILES string of the molecule is CCN(Cc1ccc(OC)c(OC)c1)C(=O)COC(=O)c1nccnc1-c1nc2ccccc2s1. The number of amides is 1. The van der Waals surface area contributed by atoms with E-state index >= 15 is 0 Å². The lowest BCUT2D eigenvalue weighted by Crippen LogP contribution is -2.34. The number of nitrogens with zero attached hydrogens (tertiary/aromatic N) is 4. The van der Waals surface area contributed by atoms with E-state index in [1.807, 2.05) is 43.3 Å². The normalized spacial score (nSPS) is 10.7. The molecule has 4 rings (SSSR count). The first-order chi connectivity index (χ1) is 17.0. The molecule has 2 aromatic heterocycles. The predicted molar refractivity (Wildman–Crippen MR) is 132 cm³/mol. The number of likely N-dealkylation sites (N-methyl/N-ethyl adjacent to an activating group) is 1. The van der Waals surface area contributed by atoms with Gasteiger partial charge in [-0.15, -0.1) is 11.3 Å². The van der Waals surface area contributed by atoms with Crippen molar-refractivity contribution in [3.05, 3.63) is 66.1 Å². The van der Waals surface area contributed by atoms with Crippen LogP contribution >= 0.6 is 11.3 Å². The predicted octanol–water partition coefficient (Wildman–Crippen LogP) is 3.98. The second-order valence-corrected chi connectivity index (χ2v) is 8.44. The molecule has 0 bridgehead atoms. The van der Waals surface area contributed by atoms with E-state index in [1.54, 1.807) is 25.2 Å². The molecule has 0 aliphatic carbocycles. The first kappa shape index (κ1) is 24.1. The van der Waals surface area contributed by atoms with Crippen molar-refractivity contribution >= 4 is 33.4 Å². The fourth-order valence-corrected chi connectivity index (χ4v) is 4.44. The van der Waals surface area contributed by atoms with Gasteiger partial charge in [0, 0.05) is 25.5 Å². The van der Waals surface area contributed by atoms with Crippen LogP contribution in [0.15, 0.2) is 54.9 Å². The van der Waals surface area contributed by atoms with Crippen LogP contribution in [-0.2, 0) is 16.1 Å². The van der Waals surface area contributed by atoms with Gasteiger partial charge in [0.25, 0.3) is 5.91 Å². The molecule has 0 saturated carbocycles. The highest BCUT2D eigenvalue weighted by atomic mass is 32.1. The van der Waals surface area contributed by atoms with Gasteiger partial charge in [-0.3, -0.25) is 4.79 Å². The number of benzene rings is 2. The average Bonchev–Trinajstić information content (AvgIpc) is 3.34. The Labute approximate surface area is 206 Å². The van der Waals surface area contributed by atoms with Crippen molar-refractivity contribution in [2.45, 2.75) is 13.5 Å². The van der Waals surface area contributed by atoms with Crippen molar-refractivity contribution in [1.82, 2.24) is 19.9 Å². The Balaban J connectivity index is 1.45. The summed E-state index contributed by atoms with van der Waals surface area (Å²) in [5.74, 6) is 0.112. The number of aromatic nitrogens is 3. The van der Waals surface area contributed by atoms with Gasteiger partial charge in [0.2, 0.25) is 0 Å². The lowest BCUT2D eigenvalue weighted by molar-refractivity contribution is -0.135.